The minimum Gasteiger partial charge on any atom is -0.444 e. The lowest BCUT2D eigenvalue weighted by Crippen LogP contribution is -2.43. The number of carbonyl (C=O) groups is 2. The average molecular weight is 358 g/mol. The first kappa shape index (κ1) is 19.1. The number of rotatable bonds is 3. The quantitative estimate of drug-likeness (QED) is 0.902. The number of alkyl halides is 3. The lowest BCUT2D eigenvalue weighted by molar-refractivity contribution is -0.137. The molecule has 1 aromatic carbocycles. The molecule has 138 valence electrons. The maximum Gasteiger partial charge on any atom is 0.416 e. The van der Waals surface area contributed by atoms with Crippen LogP contribution in [0.5, 0.6) is 0 Å². The van der Waals surface area contributed by atoms with E-state index in [4.69, 9.17) is 4.74 Å². The Bertz CT molecular complexity index is 653. The number of likely N-dealkylation sites (tertiary alicyclic amines) is 1. The van der Waals surface area contributed by atoms with Crippen LogP contribution in [0.3, 0.4) is 0 Å². The number of hydrogen-bond acceptors (Lipinski definition) is 3. The van der Waals surface area contributed by atoms with Crippen molar-refractivity contribution in [1.29, 1.82) is 0 Å². The number of halogens is 3. The van der Waals surface area contributed by atoms with E-state index in [2.05, 4.69) is 5.32 Å². The van der Waals surface area contributed by atoms with Crippen LogP contribution in [0.25, 0.3) is 0 Å². The molecule has 0 aromatic heterocycles. The summed E-state index contributed by atoms with van der Waals surface area (Å²) >= 11 is 0. The zero-order valence-corrected chi connectivity index (χ0v) is 14.3. The van der Waals surface area contributed by atoms with Crippen LogP contribution >= 0.6 is 0 Å². The molecule has 1 aromatic rings. The highest BCUT2D eigenvalue weighted by Crippen LogP contribution is 2.30. The van der Waals surface area contributed by atoms with E-state index in [0.717, 1.165) is 12.1 Å². The largest absolute Gasteiger partial charge is 0.444 e. The normalized spacial score (nSPS) is 18.4. The molecule has 1 fully saturated rings. The molecular formula is C17H21F3N2O3. The second-order valence-electron chi connectivity index (χ2n) is 6.95. The van der Waals surface area contributed by atoms with E-state index in [9.17, 15) is 22.8 Å². The molecule has 0 bridgehead atoms. The molecule has 0 spiro atoms. The first-order chi connectivity index (χ1) is 11.5. The fourth-order valence-corrected chi connectivity index (χ4v) is 2.55. The summed E-state index contributed by atoms with van der Waals surface area (Å²) in [5, 5.41) is 2.50. The van der Waals surface area contributed by atoms with Gasteiger partial charge < -0.3 is 15.0 Å². The van der Waals surface area contributed by atoms with Gasteiger partial charge in [0.15, 0.2) is 0 Å². The van der Waals surface area contributed by atoms with Gasteiger partial charge in [0.2, 0.25) is 5.91 Å². The van der Waals surface area contributed by atoms with Crippen molar-refractivity contribution in [3.63, 3.8) is 0 Å². The van der Waals surface area contributed by atoms with Gasteiger partial charge in [-0.3, -0.25) is 4.79 Å². The van der Waals surface area contributed by atoms with E-state index >= 15 is 0 Å². The SMILES string of the molecule is CC(C)(C)OC(=O)N[C@H]1CCN(Cc2cccc(C(F)(F)F)c2)C1=O. The van der Waals surface area contributed by atoms with Crippen molar-refractivity contribution in [2.75, 3.05) is 6.54 Å². The van der Waals surface area contributed by atoms with E-state index in [0.29, 0.717) is 18.5 Å². The number of carbonyl (C=O) groups excluding carboxylic acids is 2. The third kappa shape index (κ3) is 5.37. The summed E-state index contributed by atoms with van der Waals surface area (Å²) in [5.74, 6) is -0.330. The summed E-state index contributed by atoms with van der Waals surface area (Å²) in [4.78, 5) is 25.5. The van der Waals surface area contributed by atoms with Gasteiger partial charge in [-0.15, -0.1) is 0 Å². The van der Waals surface area contributed by atoms with Crippen LogP contribution in [-0.4, -0.2) is 35.1 Å². The van der Waals surface area contributed by atoms with Crippen molar-refractivity contribution < 1.29 is 27.5 Å². The first-order valence-corrected chi connectivity index (χ1v) is 7.90. The maximum absolute atomic E-state index is 12.8. The number of benzene rings is 1. The van der Waals surface area contributed by atoms with Crippen LogP contribution in [0.15, 0.2) is 24.3 Å². The molecule has 0 saturated carbocycles. The van der Waals surface area contributed by atoms with Gasteiger partial charge >= 0.3 is 12.3 Å². The summed E-state index contributed by atoms with van der Waals surface area (Å²) in [5.41, 5.74) is -1.04. The lowest BCUT2D eigenvalue weighted by atomic mass is 10.1. The average Bonchev–Trinajstić information content (AvgIpc) is 2.78. The first-order valence-electron chi connectivity index (χ1n) is 7.90. The maximum atomic E-state index is 12.8. The molecule has 1 N–H and O–H groups in total. The topological polar surface area (TPSA) is 58.6 Å². The van der Waals surface area contributed by atoms with Gasteiger partial charge in [0.1, 0.15) is 11.6 Å². The van der Waals surface area contributed by atoms with E-state index in [1.807, 2.05) is 0 Å². The van der Waals surface area contributed by atoms with Crippen molar-refractivity contribution in [1.82, 2.24) is 10.2 Å². The number of nitrogens with zero attached hydrogens (tertiary/aromatic N) is 1. The standard InChI is InChI=1S/C17H21F3N2O3/c1-16(2,3)25-15(24)21-13-7-8-22(14(13)23)10-11-5-4-6-12(9-11)17(18,19)20/h4-6,9,13H,7-8,10H2,1-3H3,(H,21,24)/t13-/m0/s1. The summed E-state index contributed by atoms with van der Waals surface area (Å²) in [6.07, 6.45) is -4.73. The number of hydrogen-bond donors (Lipinski definition) is 1. The Kier molecular flexibility index (Phi) is 5.29. The summed E-state index contributed by atoms with van der Waals surface area (Å²) in [6.45, 7) is 5.56. The van der Waals surface area contributed by atoms with Gasteiger partial charge in [0.05, 0.1) is 5.56 Å². The van der Waals surface area contributed by atoms with E-state index < -0.39 is 29.5 Å². The Hall–Kier alpha value is -2.25. The van der Waals surface area contributed by atoms with Crippen molar-refractivity contribution in [2.45, 2.75) is 51.6 Å². The predicted octanol–water partition coefficient (Wildman–Crippen LogP) is 3.33. The molecule has 8 heteroatoms. The van der Waals surface area contributed by atoms with Gasteiger partial charge in [-0.1, -0.05) is 12.1 Å². The number of ether oxygens (including phenoxy) is 1. The van der Waals surface area contributed by atoms with E-state index in [1.165, 1.54) is 17.0 Å². The van der Waals surface area contributed by atoms with Crippen molar-refractivity contribution >= 4 is 12.0 Å². The molecule has 1 aliphatic heterocycles. The minimum atomic E-state index is -4.42. The Morgan fingerprint density at radius 3 is 2.60 bits per heavy atom. The molecule has 1 aliphatic rings. The molecule has 0 aliphatic carbocycles. The van der Waals surface area contributed by atoms with Gasteiger partial charge in [0, 0.05) is 13.1 Å². The predicted molar refractivity (Wildman–Crippen MR) is 84.6 cm³/mol. The van der Waals surface area contributed by atoms with Crippen LogP contribution < -0.4 is 5.32 Å². The van der Waals surface area contributed by atoms with Crippen molar-refractivity contribution in [3.8, 4) is 0 Å². The Morgan fingerprint density at radius 2 is 2.00 bits per heavy atom. The highest BCUT2D eigenvalue weighted by Gasteiger charge is 2.34. The fourth-order valence-electron chi connectivity index (χ4n) is 2.55. The molecule has 5 nitrogen and oxygen atoms in total. The lowest BCUT2D eigenvalue weighted by Gasteiger charge is -2.22. The van der Waals surface area contributed by atoms with Crippen LogP contribution in [0.4, 0.5) is 18.0 Å². The molecule has 2 rings (SSSR count). The van der Waals surface area contributed by atoms with Crippen LogP contribution in [0, 0.1) is 0 Å². The smallest absolute Gasteiger partial charge is 0.416 e. The Labute approximate surface area is 144 Å². The second-order valence-corrected chi connectivity index (χ2v) is 6.95. The molecule has 1 heterocycles. The van der Waals surface area contributed by atoms with Crippen LogP contribution in [0.1, 0.15) is 38.3 Å². The Morgan fingerprint density at radius 1 is 1.32 bits per heavy atom. The third-order valence-electron chi connectivity index (χ3n) is 3.62. The van der Waals surface area contributed by atoms with Crippen LogP contribution in [0.2, 0.25) is 0 Å². The zero-order valence-electron chi connectivity index (χ0n) is 14.3. The highest BCUT2D eigenvalue weighted by molar-refractivity contribution is 5.87. The molecule has 1 atom stereocenters. The minimum absolute atomic E-state index is 0.0647. The molecule has 2 amide bonds. The summed E-state index contributed by atoms with van der Waals surface area (Å²) in [7, 11) is 0. The Balaban J connectivity index is 1.97. The third-order valence-corrected chi connectivity index (χ3v) is 3.62. The molecular weight excluding hydrogens is 337 g/mol. The van der Waals surface area contributed by atoms with Crippen molar-refractivity contribution in [2.24, 2.45) is 0 Å². The highest BCUT2D eigenvalue weighted by atomic mass is 19.4. The molecule has 0 radical (unpaired) electrons. The monoisotopic (exact) mass is 358 g/mol. The van der Waals surface area contributed by atoms with Gasteiger partial charge in [-0.05, 0) is 44.9 Å². The second kappa shape index (κ2) is 6.93. The number of nitrogens with one attached hydrogen (secondary N) is 1. The van der Waals surface area contributed by atoms with Crippen LogP contribution in [-0.2, 0) is 22.3 Å². The molecule has 25 heavy (non-hydrogen) atoms. The van der Waals surface area contributed by atoms with E-state index in [-0.39, 0.29) is 12.5 Å². The summed E-state index contributed by atoms with van der Waals surface area (Å²) < 4.78 is 43.4. The fraction of sp³-hybridized carbons (Fsp3) is 0.529. The summed E-state index contributed by atoms with van der Waals surface area (Å²) in [6, 6.07) is 4.15. The number of amides is 2. The number of alkyl carbamates (subject to hydrolysis) is 1. The zero-order chi connectivity index (χ0) is 18.8. The van der Waals surface area contributed by atoms with E-state index in [1.54, 1.807) is 20.8 Å². The van der Waals surface area contributed by atoms with Crippen molar-refractivity contribution in [3.05, 3.63) is 35.4 Å². The van der Waals surface area contributed by atoms with Gasteiger partial charge in [-0.25, -0.2) is 4.79 Å². The molecule has 1 saturated heterocycles. The van der Waals surface area contributed by atoms with Gasteiger partial charge in [-0.2, -0.15) is 13.2 Å². The molecule has 0 unspecified atom stereocenters. The van der Waals surface area contributed by atoms with Gasteiger partial charge in [0.25, 0.3) is 0 Å².